The first-order chi connectivity index (χ1) is 7.17. The van der Waals surface area contributed by atoms with E-state index in [1.807, 2.05) is 0 Å². The van der Waals surface area contributed by atoms with E-state index in [0.717, 1.165) is 25.9 Å². The molecule has 0 rings (SSSR count). The van der Waals surface area contributed by atoms with Gasteiger partial charge < -0.3 is 10.4 Å². The second-order valence-corrected chi connectivity index (χ2v) is 6.16. The SMILES string of the molecule is CC(C)(C)C(C)(C)CNCCCCC(=O)O. The van der Waals surface area contributed by atoms with Crippen molar-refractivity contribution in [3.8, 4) is 0 Å². The Hall–Kier alpha value is -0.570. The second kappa shape index (κ2) is 6.24. The Labute approximate surface area is 99.6 Å². The smallest absolute Gasteiger partial charge is 0.303 e. The second-order valence-electron chi connectivity index (χ2n) is 6.16. The van der Waals surface area contributed by atoms with Crippen molar-refractivity contribution in [1.29, 1.82) is 0 Å². The largest absolute Gasteiger partial charge is 0.481 e. The number of nitrogens with one attached hydrogen (secondary N) is 1. The average molecular weight is 229 g/mol. The first-order valence-corrected chi connectivity index (χ1v) is 6.09. The Morgan fingerprint density at radius 2 is 1.69 bits per heavy atom. The summed E-state index contributed by atoms with van der Waals surface area (Å²) >= 11 is 0. The lowest BCUT2D eigenvalue weighted by atomic mass is 9.69. The van der Waals surface area contributed by atoms with Crippen LogP contribution in [0.4, 0.5) is 0 Å². The van der Waals surface area contributed by atoms with Gasteiger partial charge in [-0.25, -0.2) is 0 Å². The maximum absolute atomic E-state index is 10.3. The summed E-state index contributed by atoms with van der Waals surface area (Å²) in [5.41, 5.74) is 0.529. The molecule has 0 saturated carbocycles. The van der Waals surface area contributed by atoms with Crippen molar-refractivity contribution in [3.05, 3.63) is 0 Å². The molecule has 0 heterocycles. The van der Waals surface area contributed by atoms with Crippen LogP contribution in [0.3, 0.4) is 0 Å². The van der Waals surface area contributed by atoms with Crippen LogP contribution in [0, 0.1) is 10.8 Å². The van der Waals surface area contributed by atoms with Gasteiger partial charge in [-0.15, -0.1) is 0 Å². The van der Waals surface area contributed by atoms with Gasteiger partial charge in [0.05, 0.1) is 0 Å². The number of unbranched alkanes of at least 4 members (excludes halogenated alkanes) is 1. The predicted molar refractivity (Wildman–Crippen MR) is 67.6 cm³/mol. The van der Waals surface area contributed by atoms with Gasteiger partial charge in [-0.05, 0) is 30.2 Å². The summed E-state index contributed by atoms with van der Waals surface area (Å²) in [5.74, 6) is -0.699. The van der Waals surface area contributed by atoms with E-state index < -0.39 is 5.97 Å². The quantitative estimate of drug-likeness (QED) is 0.660. The van der Waals surface area contributed by atoms with Gasteiger partial charge in [-0.1, -0.05) is 34.6 Å². The van der Waals surface area contributed by atoms with E-state index in [1.165, 1.54) is 0 Å². The third-order valence-corrected chi connectivity index (χ3v) is 3.59. The number of carboxylic acid groups (broad SMARTS) is 1. The van der Waals surface area contributed by atoms with Crippen molar-refractivity contribution < 1.29 is 9.90 Å². The highest BCUT2D eigenvalue weighted by molar-refractivity contribution is 5.66. The third-order valence-electron chi connectivity index (χ3n) is 3.59. The number of aliphatic carboxylic acids is 1. The van der Waals surface area contributed by atoms with Crippen LogP contribution < -0.4 is 5.32 Å². The van der Waals surface area contributed by atoms with Crippen LogP contribution in [0.5, 0.6) is 0 Å². The minimum atomic E-state index is -0.699. The molecule has 0 aliphatic rings. The molecule has 3 heteroatoms. The lowest BCUT2D eigenvalue weighted by Crippen LogP contribution is -2.39. The van der Waals surface area contributed by atoms with Crippen LogP contribution in [0.25, 0.3) is 0 Å². The third kappa shape index (κ3) is 6.11. The van der Waals surface area contributed by atoms with Crippen molar-refractivity contribution in [2.24, 2.45) is 10.8 Å². The zero-order chi connectivity index (χ0) is 12.8. The molecule has 0 aliphatic heterocycles. The van der Waals surface area contributed by atoms with Crippen LogP contribution in [0.2, 0.25) is 0 Å². The zero-order valence-electron chi connectivity index (χ0n) is 11.4. The molecule has 0 atom stereocenters. The van der Waals surface area contributed by atoms with Crippen LogP contribution in [-0.2, 0) is 4.79 Å². The van der Waals surface area contributed by atoms with E-state index in [0.29, 0.717) is 0 Å². The highest BCUT2D eigenvalue weighted by Crippen LogP contribution is 2.36. The lowest BCUT2D eigenvalue weighted by molar-refractivity contribution is -0.137. The normalized spacial score (nSPS) is 12.8. The highest BCUT2D eigenvalue weighted by Gasteiger charge is 2.31. The maximum atomic E-state index is 10.3. The minimum absolute atomic E-state index is 0.250. The van der Waals surface area contributed by atoms with Crippen molar-refractivity contribution in [1.82, 2.24) is 5.32 Å². The van der Waals surface area contributed by atoms with Gasteiger partial charge in [-0.2, -0.15) is 0 Å². The van der Waals surface area contributed by atoms with Gasteiger partial charge in [-0.3, -0.25) is 4.79 Å². The molecule has 0 aromatic rings. The Bertz CT molecular complexity index is 216. The topological polar surface area (TPSA) is 49.3 Å². The number of hydrogen-bond acceptors (Lipinski definition) is 2. The first kappa shape index (κ1) is 15.4. The Morgan fingerprint density at radius 1 is 1.12 bits per heavy atom. The van der Waals surface area contributed by atoms with Gasteiger partial charge in [0.25, 0.3) is 0 Å². The van der Waals surface area contributed by atoms with E-state index in [4.69, 9.17) is 5.11 Å². The van der Waals surface area contributed by atoms with Gasteiger partial charge in [0.1, 0.15) is 0 Å². The summed E-state index contributed by atoms with van der Waals surface area (Å²) in [5, 5.41) is 11.9. The number of hydrogen-bond donors (Lipinski definition) is 2. The fourth-order valence-corrected chi connectivity index (χ4v) is 1.19. The fraction of sp³-hybridized carbons (Fsp3) is 0.923. The average Bonchev–Trinajstić information content (AvgIpc) is 2.08. The van der Waals surface area contributed by atoms with Crippen molar-refractivity contribution in [2.75, 3.05) is 13.1 Å². The molecule has 3 nitrogen and oxygen atoms in total. The van der Waals surface area contributed by atoms with Gasteiger partial charge in [0.2, 0.25) is 0 Å². The molecule has 0 amide bonds. The maximum Gasteiger partial charge on any atom is 0.303 e. The summed E-state index contributed by atoms with van der Waals surface area (Å²) in [6.07, 6.45) is 1.98. The number of carbonyl (C=O) groups is 1. The molecule has 16 heavy (non-hydrogen) atoms. The van der Waals surface area contributed by atoms with Crippen molar-refractivity contribution in [2.45, 2.75) is 53.9 Å². The summed E-state index contributed by atoms with van der Waals surface area (Å²) in [4.78, 5) is 10.3. The monoisotopic (exact) mass is 229 g/mol. The molecule has 0 spiro atoms. The highest BCUT2D eigenvalue weighted by atomic mass is 16.4. The van der Waals surface area contributed by atoms with Gasteiger partial charge >= 0.3 is 5.97 Å². The molecule has 0 aliphatic carbocycles. The predicted octanol–water partition coefficient (Wildman–Crippen LogP) is 2.90. The van der Waals surface area contributed by atoms with E-state index in [9.17, 15) is 4.79 Å². The van der Waals surface area contributed by atoms with Crippen molar-refractivity contribution >= 4 is 5.97 Å². The minimum Gasteiger partial charge on any atom is -0.481 e. The first-order valence-electron chi connectivity index (χ1n) is 6.09. The summed E-state index contributed by atoms with van der Waals surface area (Å²) in [7, 11) is 0. The molecule has 96 valence electrons. The molecule has 0 radical (unpaired) electrons. The van der Waals surface area contributed by atoms with E-state index in [2.05, 4.69) is 39.9 Å². The number of rotatable bonds is 7. The molecular weight excluding hydrogens is 202 g/mol. The molecule has 0 aromatic heterocycles. The van der Waals surface area contributed by atoms with E-state index in [-0.39, 0.29) is 17.3 Å². The van der Waals surface area contributed by atoms with Crippen LogP contribution in [0.1, 0.15) is 53.9 Å². The lowest BCUT2D eigenvalue weighted by Gasteiger charge is -2.39. The molecule has 2 N–H and O–H groups in total. The molecule has 0 aromatic carbocycles. The van der Waals surface area contributed by atoms with Gasteiger partial charge in [0.15, 0.2) is 0 Å². The van der Waals surface area contributed by atoms with E-state index >= 15 is 0 Å². The van der Waals surface area contributed by atoms with Crippen molar-refractivity contribution in [3.63, 3.8) is 0 Å². The van der Waals surface area contributed by atoms with E-state index in [1.54, 1.807) is 0 Å². The van der Waals surface area contributed by atoms with Gasteiger partial charge in [0, 0.05) is 13.0 Å². The molecule has 0 unspecified atom stereocenters. The van der Waals surface area contributed by atoms with Crippen LogP contribution >= 0.6 is 0 Å². The molecule has 0 bridgehead atoms. The standard InChI is InChI=1S/C13H27NO2/c1-12(2,3)13(4,5)10-14-9-7-6-8-11(15)16/h14H,6-10H2,1-5H3,(H,15,16). The Kier molecular flexibility index (Phi) is 6.01. The van der Waals surface area contributed by atoms with Crippen LogP contribution in [-0.4, -0.2) is 24.2 Å². The Balaban J connectivity index is 3.63. The summed E-state index contributed by atoms with van der Waals surface area (Å²) < 4.78 is 0. The fourth-order valence-electron chi connectivity index (χ4n) is 1.19. The molecular formula is C13H27NO2. The molecule has 0 fully saturated rings. The number of carboxylic acids is 1. The zero-order valence-corrected chi connectivity index (χ0v) is 11.4. The van der Waals surface area contributed by atoms with Crippen LogP contribution in [0.15, 0.2) is 0 Å². The summed E-state index contributed by atoms with van der Waals surface area (Å²) in [6.45, 7) is 13.2. The Morgan fingerprint density at radius 3 is 2.12 bits per heavy atom. The summed E-state index contributed by atoms with van der Waals surface area (Å²) in [6, 6.07) is 0. The molecule has 0 saturated heterocycles.